The molecule has 4 heteroatoms. The van der Waals surface area contributed by atoms with Gasteiger partial charge in [-0.2, -0.15) is 0 Å². The molecule has 0 unspecified atom stereocenters. The van der Waals surface area contributed by atoms with Gasteiger partial charge in [-0.1, -0.05) is 17.7 Å². The SMILES string of the molecule is CNCCCNCCc1c(F)cccc1Cl. The fourth-order valence-corrected chi connectivity index (χ4v) is 1.76. The van der Waals surface area contributed by atoms with E-state index in [0.29, 0.717) is 17.0 Å². The molecular weight excluding hydrogens is 227 g/mol. The smallest absolute Gasteiger partial charge is 0.127 e. The van der Waals surface area contributed by atoms with Gasteiger partial charge in [0.05, 0.1) is 0 Å². The molecule has 0 radical (unpaired) electrons. The maximum absolute atomic E-state index is 13.4. The molecule has 0 saturated carbocycles. The second kappa shape index (κ2) is 7.60. The fraction of sp³-hybridized carbons (Fsp3) is 0.500. The van der Waals surface area contributed by atoms with Gasteiger partial charge in [-0.15, -0.1) is 0 Å². The lowest BCUT2D eigenvalue weighted by Gasteiger charge is -2.07. The lowest BCUT2D eigenvalue weighted by atomic mass is 10.1. The van der Waals surface area contributed by atoms with Gasteiger partial charge in [0, 0.05) is 10.6 Å². The predicted molar refractivity (Wildman–Crippen MR) is 66.5 cm³/mol. The van der Waals surface area contributed by atoms with Crippen molar-refractivity contribution in [2.45, 2.75) is 12.8 Å². The maximum Gasteiger partial charge on any atom is 0.127 e. The molecule has 0 fully saturated rings. The van der Waals surface area contributed by atoms with E-state index in [1.807, 2.05) is 7.05 Å². The summed E-state index contributed by atoms with van der Waals surface area (Å²) in [6, 6.07) is 4.80. The maximum atomic E-state index is 13.4. The molecule has 0 spiro atoms. The molecule has 0 aliphatic heterocycles. The van der Waals surface area contributed by atoms with Crippen LogP contribution >= 0.6 is 11.6 Å². The van der Waals surface area contributed by atoms with Gasteiger partial charge < -0.3 is 10.6 Å². The first-order valence-electron chi connectivity index (χ1n) is 5.54. The summed E-state index contributed by atoms with van der Waals surface area (Å²) in [5.41, 5.74) is 0.602. The largest absolute Gasteiger partial charge is 0.320 e. The Balaban J connectivity index is 2.26. The first-order chi connectivity index (χ1) is 7.75. The Bertz CT molecular complexity index is 298. The molecule has 0 aromatic heterocycles. The third kappa shape index (κ3) is 4.47. The average molecular weight is 245 g/mol. The second-order valence-electron chi connectivity index (χ2n) is 3.66. The summed E-state index contributed by atoms with van der Waals surface area (Å²) in [7, 11) is 1.93. The van der Waals surface area contributed by atoms with Gasteiger partial charge in [-0.05, 0) is 51.7 Å². The normalized spacial score (nSPS) is 10.7. The zero-order valence-electron chi connectivity index (χ0n) is 9.52. The Morgan fingerprint density at radius 2 is 2.06 bits per heavy atom. The highest BCUT2D eigenvalue weighted by Gasteiger charge is 2.05. The van der Waals surface area contributed by atoms with E-state index in [9.17, 15) is 4.39 Å². The number of nitrogens with one attached hydrogen (secondary N) is 2. The van der Waals surface area contributed by atoms with Crippen molar-refractivity contribution in [1.29, 1.82) is 0 Å². The van der Waals surface area contributed by atoms with Crippen LogP contribution in [0.2, 0.25) is 5.02 Å². The summed E-state index contributed by atoms with van der Waals surface area (Å²) in [6.07, 6.45) is 1.70. The second-order valence-corrected chi connectivity index (χ2v) is 4.06. The molecule has 1 aromatic rings. The van der Waals surface area contributed by atoms with Crippen molar-refractivity contribution in [2.24, 2.45) is 0 Å². The third-order valence-corrected chi connectivity index (χ3v) is 2.75. The Morgan fingerprint density at radius 3 is 2.75 bits per heavy atom. The Morgan fingerprint density at radius 1 is 1.25 bits per heavy atom. The Kier molecular flexibility index (Phi) is 6.38. The van der Waals surface area contributed by atoms with Crippen LogP contribution in [0.5, 0.6) is 0 Å². The molecule has 0 heterocycles. The number of hydrogen-bond acceptors (Lipinski definition) is 2. The van der Waals surface area contributed by atoms with Crippen LogP contribution in [0.1, 0.15) is 12.0 Å². The van der Waals surface area contributed by atoms with Gasteiger partial charge in [0.25, 0.3) is 0 Å². The molecule has 0 amide bonds. The van der Waals surface area contributed by atoms with E-state index >= 15 is 0 Å². The van der Waals surface area contributed by atoms with Crippen molar-refractivity contribution in [3.8, 4) is 0 Å². The van der Waals surface area contributed by atoms with Crippen LogP contribution in [0.15, 0.2) is 18.2 Å². The van der Waals surface area contributed by atoms with E-state index in [0.717, 1.165) is 26.1 Å². The van der Waals surface area contributed by atoms with Crippen LogP contribution in [0.25, 0.3) is 0 Å². The third-order valence-electron chi connectivity index (χ3n) is 2.39. The molecule has 0 bridgehead atoms. The minimum absolute atomic E-state index is 0.218. The molecule has 0 atom stereocenters. The summed E-state index contributed by atoms with van der Waals surface area (Å²) in [6.45, 7) is 2.69. The highest BCUT2D eigenvalue weighted by atomic mass is 35.5. The molecule has 1 aromatic carbocycles. The minimum atomic E-state index is -0.218. The van der Waals surface area contributed by atoms with Crippen molar-refractivity contribution < 1.29 is 4.39 Å². The number of halogens is 2. The van der Waals surface area contributed by atoms with Crippen molar-refractivity contribution in [3.63, 3.8) is 0 Å². The van der Waals surface area contributed by atoms with Gasteiger partial charge in [0.1, 0.15) is 5.82 Å². The zero-order chi connectivity index (χ0) is 11.8. The zero-order valence-corrected chi connectivity index (χ0v) is 10.3. The van der Waals surface area contributed by atoms with Crippen molar-refractivity contribution >= 4 is 11.6 Å². The number of hydrogen-bond donors (Lipinski definition) is 2. The van der Waals surface area contributed by atoms with Crippen LogP contribution in [0, 0.1) is 5.82 Å². The monoisotopic (exact) mass is 244 g/mol. The average Bonchev–Trinajstić information content (AvgIpc) is 2.26. The molecular formula is C12H18ClFN2. The van der Waals surface area contributed by atoms with Crippen molar-refractivity contribution in [2.75, 3.05) is 26.7 Å². The van der Waals surface area contributed by atoms with Crippen molar-refractivity contribution in [3.05, 3.63) is 34.6 Å². The number of benzene rings is 1. The summed E-state index contributed by atoms with van der Waals surface area (Å²) >= 11 is 5.91. The summed E-state index contributed by atoms with van der Waals surface area (Å²) in [5.74, 6) is -0.218. The highest BCUT2D eigenvalue weighted by molar-refractivity contribution is 6.31. The van der Waals surface area contributed by atoms with Gasteiger partial charge in [0.2, 0.25) is 0 Å². The first-order valence-corrected chi connectivity index (χ1v) is 5.91. The van der Waals surface area contributed by atoms with Crippen LogP contribution in [0.4, 0.5) is 4.39 Å². The number of rotatable bonds is 7. The Labute approximate surface area is 101 Å². The van der Waals surface area contributed by atoms with E-state index in [4.69, 9.17) is 11.6 Å². The first kappa shape index (κ1) is 13.4. The van der Waals surface area contributed by atoms with E-state index < -0.39 is 0 Å². The van der Waals surface area contributed by atoms with Gasteiger partial charge in [-0.3, -0.25) is 0 Å². The van der Waals surface area contributed by atoms with Crippen molar-refractivity contribution in [1.82, 2.24) is 10.6 Å². The highest BCUT2D eigenvalue weighted by Crippen LogP contribution is 2.18. The lowest BCUT2D eigenvalue weighted by Crippen LogP contribution is -2.22. The topological polar surface area (TPSA) is 24.1 Å². The van der Waals surface area contributed by atoms with Crippen LogP contribution in [-0.2, 0) is 6.42 Å². The van der Waals surface area contributed by atoms with E-state index in [1.54, 1.807) is 12.1 Å². The molecule has 2 nitrogen and oxygen atoms in total. The minimum Gasteiger partial charge on any atom is -0.320 e. The molecule has 0 aliphatic rings. The van der Waals surface area contributed by atoms with Gasteiger partial charge >= 0.3 is 0 Å². The Hall–Kier alpha value is -0.640. The molecule has 0 saturated heterocycles. The van der Waals surface area contributed by atoms with Gasteiger partial charge in [-0.25, -0.2) is 4.39 Å². The quantitative estimate of drug-likeness (QED) is 0.719. The summed E-state index contributed by atoms with van der Waals surface area (Å²) in [4.78, 5) is 0. The molecule has 90 valence electrons. The van der Waals surface area contributed by atoms with E-state index in [1.165, 1.54) is 6.07 Å². The lowest BCUT2D eigenvalue weighted by molar-refractivity contribution is 0.589. The van der Waals surface area contributed by atoms with Gasteiger partial charge in [0.15, 0.2) is 0 Å². The van der Waals surface area contributed by atoms with E-state index in [2.05, 4.69) is 10.6 Å². The summed E-state index contributed by atoms with van der Waals surface area (Å²) < 4.78 is 13.4. The molecule has 1 rings (SSSR count). The fourth-order valence-electron chi connectivity index (χ4n) is 1.50. The molecule has 0 aliphatic carbocycles. The van der Waals surface area contributed by atoms with Crippen LogP contribution in [-0.4, -0.2) is 26.7 Å². The van der Waals surface area contributed by atoms with E-state index in [-0.39, 0.29) is 5.82 Å². The summed E-state index contributed by atoms with van der Waals surface area (Å²) in [5, 5.41) is 6.84. The standard InChI is InChI=1S/C12H18ClFN2/c1-15-7-3-8-16-9-6-10-11(13)4-2-5-12(10)14/h2,4-5,15-16H,3,6-9H2,1H3. The molecule has 16 heavy (non-hydrogen) atoms. The predicted octanol–water partition coefficient (Wildman–Crippen LogP) is 2.22. The van der Waals surface area contributed by atoms with Crippen LogP contribution in [0.3, 0.4) is 0 Å². The van der Waals surface area contributed by atoms with Crippen LogP contribution < -0.4 is 10.6 Å². The molecule has 2 N–H and O–H groups in total.